The lowest BCUT2D eigenvalue weighted by molar-refractivity contribution is -0.149. The van der Waals surface area contributed by atoms with Crippen LogP contribution in [0.4, 0.5) is 0 Å². The number of para-hydroxylation sites is 1. The molecule has 0 N–H and O–H groups in total. The summed E-state index contributed by atoms with van der Waals surface area (Å²) in [4.78, 5) is 31.7. The van der Waals surface area contributed by atoms with E-state index in [4.69, 9.17) is 9.47 Å². The number of nitrogens with zero attached hydrogens (tertiary/aromatic N) is 3. The van der Waals surface area contributed by atoms with E-state index in [2.05, 4.69) is 21.7 Å². The van der Waals surface area contributed by atoms with Crippen molar-refractivity contribution in [1.82, 2.24) is 14.5 Å². The molecule has 2 aliphatic rings. The minimum atomic E-state index is -0.247. The zero-order chi connectivity index (χ0) is 24.2. The molecule has 1 amide bonds. The van der Waals surface area contributed by atoms with E-state index in [0.29, 0.717) is 31.3 Å². The second-order valence-corrected chi connectivity index (χ2v) is 9.26. The summed E-state index contributed by atoms with van der Waals surface area (Å²) in [5.74, 6) is 2.39. The third kappa shape index (κ3) is 5.24. The zero-order valence-electron chi connectivity index (χ0n) is 20.1. The van der Waals surface area contributed by atoms with E-state index in [1.807, 2.05) is 48.7 Å². The van der Waals surface area contributed by atoms with Crippen molar-refractivity contribution in [3.8, 4) is 11.5 Å². The Balaban J connectivity index is 1.23. The number of hydrogen-bond donors (Lipinski definition) is 0. The van der Waals surface area contributed by atoms with Gasteiger partial charge in [0, 0.05) is 38.2 Å². The highest BCUT2D eigenvalue weighted by molar-refractivity contribution is 5.92. The van der Waals surface area contributed by atoms with Crippen molar-refractivity contribution in [2.24, 2.45) is 5.92 Å². The number of hydrogen-bond acceptors (Lipinski definition) is 5. The van der Waals surface area contributed by atoms with E-state index in [9.17, 15) is 9.59 Å². The summed E-state index contributed by atoms with van der Waals surface area (Å²) in [7, 11) is 0. The molecule has 0 radical (unpaired) electrons. The molecule has 1 fully saturated rings. The maximum Gasteiger partial charge on any atom is 0.310 e. The van der Waals surface area contributed by atoms with Gasteiger partial charge in [-0.1, -0.05) is 30.3 Å². The predicted molar refractivity (Wildman–Crippen MR) is 132 cm³/mol. The highest BCUT2D eigenvalue weighted by Gasteiger charge is 2.31. The minimum Gasteiger partial charge on any atom is -0.466 e. The molecule has 0 bridgehead atoms. The first kappa shape index (κ1) is 23.1. The molecular formula is C28H31N3O4. The Labute approximate surface area is 205 Å². The average Bonchev–Trinajstić information content (AvgIpc) is 3.33. The lowest BCUT2D eigenvalue weighted by Gasteiger charge is -2.31. The van der Waals surface area contributed by atoms with Crippen molar-refractivity contribution in [3.05, 3.63) is 77.9 Å². The molecule has 7 heteroatoms. The lowest BCUT2D eigenvalue weighted by Crippen LogP contribution is -2.43. The standard InChI is InChI=1S/C28H31N3O4/c1-2-34-28(33)22-7-6-16-30(18-22)27(32)25-19-31-17-21(12-15-26(31)29-25)20-10-13-24(14-11-20)35-23-8-4-3-5-9-23/h3-5,8-11,13-14,19,21-22H,2,6-7,12,15-18H2,1H3. The number of benzene rings is 2. The van der Waals surface area contributed by atoms with Gasteiger partial charge < -0.3 is 18.9 Å². The van der Waals surface area contributed by atoms with Gasteiger partial charge in [-0.25, -0.2) is 4.98 Å². The number of rotatable bonds is 6. The van der Waals surface area contributed by atoms with Crippen LogP contribution in [0, 0.1) is 5.92 Å². The van der Waals surface area contributed by atoms with Gasteiger partial charge in [-0.3, -0.25) is 9.59 Å². The number of imidazole rings is 1. The first-order chi connectivity index (χ1) is 17.1. The maximum atomic E-state index is 13.2. The van der Waals surface area contributed by atoms with E-state index in [-0.39, 0.29) is 17.8 Å². The number of carbonyl (C=O) groups excluding carboxylic acids is 2. The molecule has 2 atom stereocenters. The molecule has 0 saturated carbocycles. The fraction of sp³-hybridized carbons (Fsp3) is 0.393. The van der Waals surface area contributed by atoms with Crippen LogP contribution in [0.1, 0.15) is 54.0 Å². The molecule has 7 nitrogen and oxygen atoms in total. The van der Waals surface area contributed by atoms with Crippen molar-refractivity contribution in [3.63, 3.8) is 0 Å². The minimum absolute atomic E-state index is 0.0973. The monoisotopic (exact) mass is 473 g/mol. The van der Waals surface area contributed by atoms with E-state index in [0.717, 1.165) is 49.6 Å². The summed E-state index contributed by atoms with van der Waals surface area (Å²) in [5.41, 5.74) is 1.72. The lowest BCUT2D eigenvalue weighted by atomic mass is 9.91. The topological polar surface area (TPSA) is 73.7 Å². The summed E-state index contributed by atoms with van der Waals surface area (Å²) in [5, 5.41) is 0. The number of ether oxygens (including phenoxy) is 2. The van der Waals surface area contributed by atoms with E-state index >= 15 is 0 Å². The van der Waals surface area contributed by atoms with Gasteiger partial charge in [0.15, 0.2) is 0 Å². The second-order valence-electron chi connectivity index (χ2n) is 9.26. The molecule has 2 aliphatic heterocycles. The van der Waals surface area contributed by atoms with Crippen LogP contribution < -0.4 is 4.74 Å². The van der Waals surface area contributed by atoms with E-state index < -0.39 is 0 Å². The van der Waals surface area contributed by atoms with Crippen molar-refractivity contribution < 1.29 is 19.1 Å². The van der Waals surface area contributed by atoms with Crippen LogP contribution in [0.5, 0.6) is 11.5 Å². The number of fused-ring (bicyclic) bond motifs is 1. The first-order valence-electron chi connectivity index (χ1n) is 12.5. The average molecular weight is 474 g/mol. The predicted octanol–water partition coefficient (Wildman–Crippen LogP) is 4.82. The molecule has 35 heavy (non-hydrogen) atoms. The van der Waals surface area contributed by atoms with Crippen molar-refractivity contribution in [2.75, 3.05) is 19.7 Å². The zero-order valence-corrected chi connectivity index (χ0v) is 20.1. The quantitative estimate of drug-likeness (QED) is 0.480. The van der Waals surface area contributed by atoms with E-state index in [1.165, 1.54) is 5.56 Å². The Hall–Kier alpha value is -3.61. The van der Waals surface area contributed by atoms with Crippen molar-refractivity contribution in [1.29, 1.82) is 0 Å². The third-order valence-corrected chi connectivity index (χ3v) is 6.87. The number of esters is 1. The van der Waals surface area contributed by atoms with Crippen LogP contribution in [0.3, 0.4) is 0 Å². The molecule has 3 heterocycles. The number of amides is 1. The normalized spacial score (nSPS) is 19.6. The summed E-state index contributed by atoms with van der Waals surface area (Å²) in [6.45, 7) is 4.01. The molecule has 182 valence electrons. The smallest absolute Gasteiger partial charge is 0.310 e. The summed E-state index contributed by atoms with van der Waals surface area (Å²) >= 11 is 0. The fourth-order valence-corrected chi connectivity index (χ4v) is 5.03. The van der Waals surface area contributed by atoms with Crippen LogP contribution >= 0.6 is 0 Å². The van der Waals surface area contributed by atoms with Crippen molar-refractivity contribution in [2.45, 2.75) is 45.1 Å². The van der Waals surface area contributed by atoms with Gasteiger partial charge in [0.1, 0.15) is 23.0 Å². The van der Waals surface area contributed by atoms with Gasteiger partial charge in [-0.15, -0.1) is 0 Å². The molecular weight excluding hydrogens is 442 g/mol. The number of piperidine rings is 1. The van der Waals surface area contributed by atoms with Gasteiger partial charge in [0.05, 0.1) is 12.5 Å². The number of aromatic nitrogens is 2. The molecule has 2 unspecified atom stereocenters. The molecule has 3 aromatic rings. The summed E-state index contributed by atoms with van der Waals surface area (Å²) in [6, 6.07) is 18.0. The molecule has 5 rings (SSSR count). The van der Waals surface area contributed by atoms with Crippen LogP contribution in [-0.4, -0.2) is 46.0 Å². The van der Waals surface area contributed by atoms with Crippen LogP contribution in [0.15, 0.2) is 60.8 Å². The summed E-state index contributed by atoms with van der Waals surface area (Å²) < 4.78 is 13.2. The highest BCUT2D eigenvalue weighted by Crippen LogP contribution is 2.31. The van der Waals surface area contributed by atoms with Crippen LogP contribution in [0.2, 0.25) is 0 Å². The first-order valence-corrected chi connectivity index (χ1v) is 12.5. The molecule has 1 saturated heterocycles. The Kier molecular flexibility index (Phi) is 6.84. The van der Waals surface area contributed by atoms with Crippen molar-refractivity contribution >= 4 is 11.9 Å². The van der Waals surface area contributed by atoms with Gasteiger partial charge >= 0.3 is 5.97 Å². The van der Waals surface area contributed by atoms with Gasteiger partial charge in [-0.05, 0) is 56.0 Å². The molecule has 0 aliphatic carbocycles. The molecule has 1 aromatic heterocycles. The number of likely N-dealkylation sites (tertiary alicyclic amines) is 1. The maximum absolute atomic E-state index is 13.2. The number of carbonyl (C=O) groups is 2. The van der Waals surface area contributed by atoms with E-state index in [1.54, 1.807) is 11.8 Å². The van der Waals surface area contributed by atoms with Crippen LogP contribution in [-0.2, 0) is 22.5 Å². The van der Waals surface area contributed by atoms with Gasteiger partial charge in [-0.2, -0.15) is 0 Å². The molecule has 0 spiro atoms. The highest BCUT2D eigenvalue weighted by atomic mass is 16.5. The van der Waals surface area contributed by atoms with Gasteiger partial charge in [0.25, 0.3) is 5.91 Å². The SMILES string of the molecule is CCOC(=O)C1CCCN(C(=O)c2cn3c(n2)CCC(c2ccc(Oc4ccccc4)cc2)C3)C1. The second kappa shape index (κ2) is 10.3. The Morgan fingerprint density at radius 1 is 1.00 bits per heavy atom. The van der Waals surface area contributed by atoms with Gasteiger partial charge in [0.2, 0.25) is 0 Å². The third-order valence-electron chi connectivity index (χ3n) is 6.87. The number of aryl methyl sites for hydroxylation is 1. The largest absolute Gasteiger partial charge is 0.466 e. The fourth-order valence-electron chi connectivity index (χ4n) is 5.03. The summed E-state index contributed by atoms with van der Waals surface area (Å²) in [6.07, 6.45) is 5.25. The molecule has 2 aromatic carbocycles. The Morgan fingerprint density at radius 3 is 2.54 bits per heavy atom. The van der Waals surface area contributed by atoms with Crippen LogP contribution in [0.25, 0.3) is 0 Å². The Bertz CT molecular complexity index is 1170. The Morgan fingerprint density at radius 2 is 1.77 bits per heavy atom.